The molecule has 16 nitrogen and oxygen atoms in total. The second kappa shape index (κ2) is 17.3. The number of hydrogen-bond acceptors (Lipinski definition) is 12. The Balaban J connectivity index is 1.25. The van der Waals surface area contributed by atoms with E-state index in [9.17, 15) is 39.6 Å². The van der Waals surface area contributed by atoms with Crippen molar-refractivity contribution in [2.75, 3.05) is 20.9 Å². The summed E-state index contributed by atoms with van der Waals surface area (Å²) in [6, 6.07) is 29.2. The molecule has 0 spiro atoms. The summed E-state index contributed by atoms with van der Waals surface area (Å²) < 4.78 is 0. The minimum atomic E-state index is -1.19. The first-order chi connectivity index (χ1) is 31.5. The van der Waals surface area contributed by atoms with Crippen molar-refractivity contribution in [2.24, 2.45) is 20.4 Å². The number of carbonyl (C=O) groups excluding carboxylic acids is 2. The summed E-state index contributed by atoms with van der Waals surface area (Å²) in [5.41, 5.74) is 13.0. The van der Waals surface area contributed by atoms with Gasteiger partial charge in [0.25, 0.3) is 0 Å². The first-order valence-corrected chi connectivity index (χ1v) is 20.5. The predicted molar refractivity (Wildman–Crippen MR) is 255 cm³/mol. The molecule has 0 bridgehead atoms. The van der Waals surface area contributed by atoms with Crippen molar-refractivity contribution in [3.05, 3.63) is 143 Å². The number of anilines is 4. The average Bonchev–Trinajstić information content (AvgIpc) is 3.75. The van der Waals surface area contributed by atoms with Crippen molar-refractivity contribution in [2.45, 2.75) is 41.5 Å². The van der Waals surface area contributed by atoms with E-state index in [1.807, 2.05) is 52.0 Å². The van der Waals surface area contributed by atoms with Crippen LogP contribution in [-0.4, -0.2) is 67.0 Å². The molecule has 0 unspecified atom stereocenters. The highest BCUT2D eigenvalue weighted by molar-refractivity contribution is 6.72. The Labute approximate surface area is 378 Å². The molecule has 0 aromatic heterocycles. The van der Waals surface area contributed by atoms with E-state index in [2.05, 4.69) is 31.3 Å². The molecule has 0 radical (unpaired) electrons. The number of hydrazone groups is 4. The number of phenols is 2. The zero-order valence-corrected chi connectivity index (χ0v) is 36.5. The molecule has 8 rings (SSSR count). The Kier molecular flexibility index (Phi) is 11.5. The van der Waals surface area contributed by atoms with Gasteiger partial charge in [-0.15, -0.1) is 0 Å². The maximum atomic E-state index is 13.7. The second-order valence-electron chi connectivity index (χ2n) is 15.9. The number of aryl methyl sites for hydroxylation is 4. The van der Waals surface area contributed by atoms with Gasteiger partial charge in [-0.1, -0.05) is 36.4 Å². The van der Waals surface area contributed by atoms with Crippen LogP contribution in [0.15, 0.2) is 130 Å². The summed E-state index contributed by atoms with van der Waals surface area (Å²) in [6.45, 7) is 11.0. The third-order valence-electron chi connectivity index (χ3n) is 11.4. The highest BCUT2D eigenvalue weighted by Gasteiger charge is 2.33. The first-order valence-electron chi connectivity index (χ1n) is 20.5. The molecule has 6 aromatic carbocycles. The van der Waals surface area contributed by atoms with Crippen LogP contribution in [-0.2, 0) is 9.59 Å². The molecule has 16 heteroatoms. The number of amides is 2. The van der Waals surface area contributed by atoms with E-state index in [0.29, 0.717) is 45.1 Å². The van der Waals surface area contributed by atoms with Gasteiger partial charge in [-0.2, -0.15) is 30.4 Å². The quantitative estimate of drug-likeness (QED) is 0.0534. The molecule has 0 atom stereocenters. The highest BCUT2D eigenvalue weighted by Crippen LogP contribution is 2.45. The van der Waals surface area contributed by atoms with Gasteiger partial charge < -0.3 is 20.4 Å². The van der Waals surface area contributed by atoms with Crippen LogP contribution in [0.25, 0.3) is 33.4 Å². The standard InChI is InChI=1S/C50H42N8O8/c1-25-13-15-37(17-27(25)3)57-47(61)43(29(5)55-57)53-51-41-23-35(21-39(45(41)59)31-9-7-11-33(19-31)49(63)64)36-22-40(32-10-8-12-34(20-32)50(65)66)46(60)42(24-36)52-54-44-30(6)56-58(48(44)62)38-16-14-26(2)28(4)18-38/h7-24,51-52,59-60H,1-6H3,(H,63,64)(H,65,66)/b53-43-,54-44-. The molecule has 2 heterocycles. The number of nitrogens with one attached hydrogen (secondary N) is 2. The fourth-order valence-corrected chi connectivity index (χ4v) is 7.40. The Hall–Kier alpha value is -8.92. The predicted octanol–water partition coefficient (Wildman–Crippen LogP) is 9.11. The van der Waals surface area contributed by atoms with Gasteiger partial charge in [0, 0.05) is 11.1 Å². The topological polar surface area (TPSA) is 229 Å². The average molecular weight is 883 g/mol. The normalized spacial score (nSPS) is 14.8. The van der Waals surface area contributed by atoms with Crippen LogP contribution in [0.2, 0.25) is 0 Å². The number of benzene rings is 6. The van der Waals surface area contributed by atoms with Crippen molar-refractivity contribution in [3.8, 4) is 44.9 Å². The molecule has 6 N–H and O–H groups in total. The van der Waals surface area contributed by atoms with Crippen LogP contribution in [0, 0.1) is 27.7 Å². The summed E-state index contributed by atoms with van der Waals surface area (Å²) in [5, 5.41) is 63.6. The molecule has 66 heavy (non-hydrogen) atoms. The SMILES string of the molecule is CC1=NN(c2ccc(C)c(C)c2)C(=O)/C1=N\Nc1cc(-c2cc(N/N=C3\C(=O)N(c4ccc(C)c(C)c4)N=C3C)c(O)c(-c3cccc(C(=O)O)c3)c2)cc(-c2cccc(C(=O)O)c2)c1O. The van der Waals surface area contributed by atoms with Gasteiger partial charge in [-0.05, 0) is 159 Å². The molecule has 2 aliphatic rings. The number of phenolic OH excluding ortho intramolecular Hbond substituents is 2. The van der Waals surface area contributed by atoms with E-state index < -0.39 is 23.8 Å². The minimum absolute atomic E-state index is 0.00744. The molecule has 0 saturated heterocycles. The van der Waals surface area contributed by atoms with Gasteiger partial charge in [0.2, 0.25) is 0 Å². The number of carboxylic acid groups (broad SMARTS) is 2. The van der Waals surface area contributed by atoms with Crippen LogP contribution in [0.5, 0.6) is 11.5 Å². The van der Waals surface area contributed by atoms with Crippen molar-refractivity contribution in [1.29, 1.82) is 0 Å². The van der Waals surface area contributed by atoms with Crippen LogP contribution in [0.3, 0.4) is 0 Å². The zero-order chi connectivity index (χ0) is 47.1. The molecule has 0 aliphatic carbocycles. The smallest absolute Gasteiger partial charge is 0.335 e. The second-order valence-corrected chi connectivity index (χ2v) is 15.9. The lowest BCUT2D eigenvalue weighted by molar-refractivity contribution is -0.112. The molecule has 2 aliphatic heterocycles. The molecular formula is C50H42N8O8. The summed E-state index contributed by atoms with van der Waals surface area (Å²) in [6.07, 6.45) is 0. The fourth-order valence-electron chi connectivity index (χ4n) is 7.40. The number of carbonyl (C=O) groups is 4. The Bertz CT molecular complexity index is 2990. The lowest BCUT2D eigenvalue weighted by atomic mass is 9.93. The molecule has 330 valence electrons. The van der Waals surface area contributed by atoms with Gasteiger partial charge in [0.1, 0.15) is 11.5 Å². The Morgan fingerprint density at radius 3 is 1.26 bits per heavy atom. The molecule has 0 fully saturated rings. The van der Waals surface area contributed by atoms with Crippen molar-refractivity contribution in [3.63, 3.8) is 0 Å². The maximum Gasteiger partial charge on any atom is 0.335 e. The van der Waals surface area contributed by atoms with Crippen LogP contribution < -0.4 is 20.9 Å². The largest absolute Gasteiger partial charge is 0.505 e. The van der Waals surface area contributed by atoms with E-state index in [1.165, 1.54) is 58.5 Å². The first kappa shape index (κ1) is 43.7. The fraction of sp³-hybridized carbons (Fsp3) is 0.120. The van der Waals surface area contributed by atoms with Crippen LogP contribution in [0.4, 0.5) is 22.7 Å². The minimum Gasteiger partial charge on any atom is -0.505 e. The van der Waals surface area contributed by atoms with Crippen molar-refractivity contribution >= 4 is 69.3 Å². The van der Waals surface area contributed by atoms with Gasteiger partial charge in [0.05, 0.1) is 45.3 Å². The van der Waals surface area contributed by atoms with E-state index in [0.717, 1.165) is 22.3 Å². The number of rotatable bonds is 11. The highest BCUT2D eigenvalue weighted by atomic mass is 16.4. The molecule has 2 amide bonds. The van der Waals surface area contributed by atoms with Gasteiger partial charge in [0.15, 0.2) is 11.4 Å². The summed E-state index contributed by atoms with van der Waals surface area (Å²) in [7, 11) is 0. The number of aromatic hydroxyl groups is 2. The van der Waals surface area contributed by atoms with Crippen LogP contribution in [0.1, 0.15) is 56.8 Å². The zero-order valence-electron chi connectivity index (χ0n) is 36.5. The monoisotopic (exact) mass is 882 g/mol. The maximum absolute atomic E-state index is 13.7. The van der Waals surface area contributed by atoms with Crippen LogP contribution >= 0.6 is 0 Å². The number of carboxylic acids is 2. The third-order valence-corrected chi connectivity index (χ3v) is 11.4. The van der Waals surface area contributed by atoms with Gasteiger partial charge in [-0.3, -0.25) is 20.4 Å². The van der Waals surface area contributed by atoms with E-state index in [-0.39, 0.29) is 56.6 Å². The summed E-state index contributed by atoms with van der Waals surface area (Å²) in [4.78, 5) is 51.6. The van der Waals surface area contributed by atoms with E-state index in [1.54, 1.807) is 50.2 Å². The van der Waals surface area contributed by atoms with Gasteiger partial charge in [-0.25, -0.2) is 9.59 Å². The lowest BCUT2D eigenvalue weighted by Crippen LogP contribution is -2.28. The summed E-state index contributed by atoms with van der Waals surface area (Å²) >= 11 is 0. The Morgan fingerprint density at radius 1 is 0.500 bits per heavy atom. The number of hydrogen-bond donors (Lipinski definition) is 6. The van der Waals surface area contributed by atoms with Gasteiger partial charge >= 0.3 is 23.8 Å². The van der Waals surface area contributed by atoms with Crippen molar-refractivity contribution in [1.82, 2.24) is 0 Å². The number of aromatic carboxylic acids is 2. The number of nitrogens with zero attached hydrogens (tertiary/aromatic N) is 6. The molecule has 6 aromatic rings. The molecular weight excluding hydrogens is 841 g/mol. The lowest BCUT2D eigenvalue weighted by Gasteiger charge is -2.17. The Morgan fingerprint density at radius 2 is 0.894 bits per heavy atom. The van der Waals surface area contributed by atoms with Crippen molar-refractivity contribution < 1.29 is 39.6 Å². The third kappa shape index (κ3) is 8.33. The summed E-state index contributed by atoms with van der Waals surface area (Å²) in [5.74, 6) is -4.09. The van der Waals surface area contributed by atoms with E-state index in [4.69, 9.17) is 0 Å². The molecule has 0 saturated carbocycles. The van der Waals surface area contributed by atoms with E-state index >= 15 is 0 Å².